The van der Waals surface area contributed by atoms with Gasteiger partial charge in [-0.3, -0.25) is 4.90 Å². The fourth-order valence-corrected chi connectivity index (χ4v) is 3.36. The van der Waals surface area contributed by atoms with Crippen LogP contribution in [0, 0.1) is 0 Å². The first kappa shape index (κ1) is 13.3. The molecule has 0 aromatic heterocycles. The second-order valence-corrected chi connectivity index (χ2v) is 5.59. The summed E-state index contributed by atoms with van der Waals surface area (Å²) in [6.45, 7) is 4.17. The Morgan fingerprint density at radius 1 is 1.00 bits per heavy atom. The van der Waals surface area contributed by atoms with Crippen LogP contribution in [0.1, 0.15) is 51.4 Å². The molecule has 2 unspecified atom stereocenters. The Hall–Kier alpha value is -0.120. The highest BCUT2D eigenvalue weighted by Crippen LogP contribution is 2.27. The maximum absolute atomic E-state index is 8.70. The molecule has 0 bridgehead atoms. The monoisotopic (exact) mass is 240 g/mol. The Balaban J connectivity index is 1.56. The van der Waals surface area contributed by atoms with E-state index in [1.165, 1.54) is 64.6 Å². The summed E-state index contributed by atoms with van der Waals surface area (Å²) in [5.41, 5.74) is 0. The average molecular weight is 240 g/mol. The molecule has 2 fully saturated rings. The Morgan fingerprint density at radius 3 is 2.76 bits per heavy atom. The number of nitrogens with one attached hydrogen (secondary N) is 1. The van der Waals surface area contributed by atoms with Crippen LogP contribution in [0.4, 0.5) is 0 Å². The molecule has 0 amide bonds. The lowest BCUT2D eigenvalue weighted by atomic mass is 9.99. The van der Waals surface area contributed by atoms with Crippen LogP contribution in [-0.2, 0) is 0 Å². The predicted octanol–water partition coefficient (Wildman–Crippen LogP) is 1.76. The van der Waals surface area contributed by atoms with Gasteiger partial charge in [-0.2, -0.15) is 0 Å². The van der Waals surface area contributed by atoms with Crippen LogP contribution in [-0.4, -0.2) is 48.3 Å². The number of fused-ring (bicyclic) bond motifs is 1. The number of rotatable bonds is 7. The van der Waals surface area contributed by atoms with Gasteiger partial charge in [0.1, 0.15) is 0 Å². The minimum absolute atomic E-state index is 0.354. The van der Waals surface area contributed by atoms with Gasteiger partial charge >= 0.3 is 0 Å². The summed E-state index contributed by atoms with van der Waals surface area (Å²) in [4.78, 5) is 2.69. The third-order valence-corrected chi connectivity index (χ3v) is 4.35. The Labute approximate surface area is 106 Å². The first-order chi connectivity index (χ1) is 8.42. The van der Waals surface area contributed by atoms with Gasteiger partial charge in [0, 0.05) is 25.2 Å². The summed E-state index contributed by atoms with van der Waals surface area (Å²) in [5.74, 6) is 0. The van der Waals surface area contributed by atoms with Crippen molar-refractivity contribution >= 4 is 0 Å². The van der Waals surface area contributed by atoms with Crippen LogP contribution in [0.3, 0.4) is 0 Å². The quantitative estimate of drug-likeness (QED) is 0.666. The lowest BCUT2D eigenvalue weighted by Crippen LogP contribution is -2.45. The molecule has 2 rings (SSSR count). The van der Waals surface area contributed by atoms with Crippen molar-refractivity contribution < 1.29 is 5.11 Å². The molecule has 17 heavy (non-hydrogen) atoms. The van der Waals surface area contributed by atoms with Gasteiger partial charge in [0.05, 0.1) is 0 Å². The number of nitrogens with zero attached hydrogens (tertiary/aromatic N) is 1. The van der Waals surface area contributed by atoms with Crippen molar-refractivity contribution in [3.8, 4) is 0 Å². The summed E-state index contributed by atoms with van der Waals surface area (Å²) in [7, 11) is 0. The number of hydrogen-bond acceptors (Lipinski definition) is 3. The lowest BCUT2D eigenvalue weighted by molar-refractivity contribution is 0.180. The molecule has 0 spiro atoms. The van der Waals surface area contributed by atoms with E-state index in [4.69, 9.17) is 5.11 Å². The molecule has 100 valence electrons. The molecular weight excluding hydrogens is 212 g/mol. The zero-order valence-electron chi connectivity index (χ0n) is 11.0. The smallest absolute Gasteiger partial charge is 0.0431 e. The van der Waals surface area contributed by atoms with E-state index in [0.29, 0.717) is 6.61 Å². The highest BCUT2D eigenvalue weighted by Gasteiger charge is 2.34. The fraction of sp³-hybridized carbons (Fsp3) is 1.00. The molecule has 0 aromatic carbocycles. The van der Waals surface area contributed by atoms with Crippen molar-refractivity contribution in [3.05, 3.63) is 0 Å². The SMILES string of the molecule is OCCCCCCNC1CCN2CCCCC12. The van der Waals surface area contributed by atoms with Crippen molar-refractivity contribution in [2.75, 3.05) is 26.2 Å². The third-order valence-electron chi connectivity index (χ3n) is 4.35. The second-order valence-electron chi connectivity index (χ2n) is 5.59. The third kappa shape index (κ3) is 3.94. The number of aliphatic hydroxyl groups excluding tert-OH is 1. The zero-order valence-corrected chi connectivity index (χ0v) is 11.0. The summed E-state index contributed by atoms with van der Waals surface area (Å²) in [5, 5.41) is 12.5. The first-order valence-electron chi connectivity index (χ1n) is 7.50. The van der Waals surface area contributed by atoms with Crippen LogP contribution in [0.2, 0.25) is 0 Å². The summed E-state index contributed by atoms with van der Waals surface area (Å²) in [6.07, 6.45) is 10.3. The molecule has 2 saturated heterocycles. The van der Waals surface area contributed by atoms with Crippen molar-refractivity contribution in [2.45, 2.75) is 63.5 Å². The molecule has 0 aliphatic carbocycles. The molecule has 2 atom stereocenters. The fourth-order valence-electron chi connectivity index (χ4n) is 3.36. The van der Waals surface area contributed by atoms with Gasteiger partial charge in [-0.25, -0.2) is 0 Å². The molecule has 3 nitrogen and oxygen atoms in total. The largest absolute Gasteiger partial charge is 0.396 e. The second kappa shape index (κ2) is 7.34. The van der Waals surface area contributed by atoms with Crippen LogP contribution in [0.25, 0.3) is 0 Å². The summed E-state index contributed by atoms with van der Waals surface area (Å²) in [6, 6.07) is 1.59. The van der Waals surface area contributed by atoms with E-state index < -0.39 is 0 Å². The average Bonchev–Trinajstić information content (AvgIpc) is 2.77. The zero-order chi connectivity index (χ0) is 11.9. The highest BCUT2D eigenvalue weighted by molar-refractivity contribution is 4.93. The van der Waals surface area contributed by atoms with E-state index >= 15 is 0 Å². The molecule has 0 aromatic rings. The molecule has 2 aliphatic rings. The Morgan fingerprint density at radius 2 is 1.88 bits per heavy atom. The van der Waals surface area contributed by atoms with Gasteiger partial charge in [0.2, 0.25) is 0 Å². The minimum atomic E-state index is 0.354. The molecule has 0 radical (unpaired) electrons. The van der Waals surface area contributed by atoms with Gasteiger partial charge in [-0.05, 0) is 45.2 Å². The maximum atomic E-state index is 8.70. The van der Waals surface area contributed by atoms with Crippen LogP contribution >= 0.6 is 0 Å². The van der Waals surface area contributed by atoms with Crippen molar-refractivity contribution in [1.29, 1.82) is 0 Å². The van der Waals surface area contributed by atoms with Crippen LogP contribution in [0.5, 0.6) is 0 Å². The van der Waals surface area contributed by atoms with Gasteiger partial charge < -0.3 is 10.4 Å². The van der Waals surface area contributed by atoms with Crippen LogP contribution in [0.15, 0.2) is 0 Å². The van der Waals surface area contributed by atoms with E-state index in [1.54, 1.807) is 0 Å². The normalized spacial score (nSPS) is 29.5. The molecular formula is C14H28N2O. The topological polar surface area (TPSA) is 35.5 Å². The lowest BCUT2D eigenvalue weighted by Gasteiger charge is -2.32. The number of piperidine rings is 1. The summed E-state index contributed by atoms with van der Waals surface area (Å²) < 4.78 is 0. The van der Waals surface area contributed by atoms with Gasteiger partial charge in [0.25, 0.3) is 0 Å². The van der Waals surface area contributed by atoms with Crippen molar-refractivity contribution in [3.63, 3.8) is 0 Å². The van der Waals surface area contributed by atoms with E-state index in [2.05, 4.69) is 10.2 Å². The van der Waals surface area contributed by atoms with E-state index in [9.17, 15) is 0 Å². The highest BCUT2D eigenvalue weighted by atomic mass is 16.2. The molecule has 2 heterocycles. The Kier molecular flexibility index (Phi) is 5.75. The minimum Gasteiger partial charge on any atom is -0.396 e. The van der Waals surface area contributed by atoms with E-state index in [0.717, 1.165) is 18.5 Å². The standard InChI is InChI=1S/C14H28N2O/c17-12-6-2-1-4-9-15-13-8-11-16-10-5-3-7-14(13)16/h13-15,17H,1-12H2. The molecule has 3 heteroatoms. The van der Waals surface area contributed by atoms with Gasteiger partial charge in [0.15, 0.2) is 0 Å². The summed E-state index contributed by atoms with van der Waals surface area (Å²) >= 11 is 0. The van der Waals surface area contributed by atoms with Crippen LogP contribution < -0.4 is 5.32 Å². The number of hydrogen-bond donors (Lipinski definition) is 2. The molecule has 2 aliphatic heterocycles. The Bertz CT molecular complexity index is 210. The van der Waals surface area contributed by atoms with Gasteiger partial charge in [-0.15, -0.1) is 0 Å². The van der Waals surface area contributed by atoms with E-state index in [1.807, 2.05) is 0 Å². The van der Waals surface area contributed by atoms with Gasteiger partial charge in [-0.1, -0.05) is 19.3 Å². The predicted molar refractivity (Wildman–Crippen MR) is 71.2 cm³/mol. The first-order valence-corrected chi connectivity index (χ1v) is 7.50. The number of aliphatic hydroxyl groups is 1. The maximum Gasteiger partial charge on any atom is 0.0431 e. The number of unbranched alkanes of at least 4 members (excludes halogenated alkanes) is 3. The van der Waals surface area contributed by atoms with Crippen molar-refractivity contribution in [2.24, 2.45) is 0 Å². The molecule has 2 N–H and O–H groups in total. The van der Waals surface area contributed by atoms with E-state index in [-0.39, 0.29) is 0 Å². The van der Waals surface area contributed by atoms with Crippen molar-refractivity contribution in [1.82, 2.24) is 10.2 Å². The molecule has 0 saturated carbocycles.